The molecular weight excluding hydrogens is 288 g/mol. The minimum Gasteiger partial charge on any atom is -0.469 e. The Morgan fingerprint density at radius 1 is 1.32 bits per heavy atom. The molecule has 1 aromatic heterocycles. The van der Waals surface area contributed by atoms with E-state index < -0.39 is 27.3 Å². The van der Waals surface area contributed by atoms with E-state index in [0.717, 1.165) is 9.75 Å². The van der Waals surface area contributed by atoms with Crippen molar-refractivity contribution in [3.8, 4) is 0 Å². The summed E-state index contributed by atoms with van der Waals surface area (Å²) < 4.78 is 27.8. The maximum atomic E-state index is 11.9. The molecule has 5 nitrogen and oxygen atoms in total. The molecule has 7 heteroatoms. The number of hydrogen-bond acceptors (Lipinski definition) is 6. The van der Waals surface area contributed by atoms with Gasteiger partial charge < -0.3 is 4.74 Å². The smallest absolute Gasteiger partial charge is 0.306 e. The lowest BCUT2D eigenvalue weighted by Gasteiger charge is -2.03. The fourth-order valence-corrected chi connectivity index (χ4v) is 3.72. The van der Waals surface area contributed by atoms with Gasteiger partial charge in [-0.25, -0.2) is 8.42 Å². The summed E-state index contributed by atoms with van der Waals surface area (Å²) in [6.45, 7) is 3.65. The summed E-state index contributed by atoms with van der Waals surface area (Å²) in [6, 6.07) is 1.69. The Morgan fingerprint density at radius 3 is 2.42 bits per heavy atom. The van der Waals surface area contributed by atoms with Crippen molar-refractivity contribution in [2.45, 2.75) is 20.3 Å². The van der Waals surface area contributed by atoms with Crippen LogP contribution in [-0.4, -0.2) is 38.8 Å². The molecule has 0 radical (unpaired) electrons. The van der Waals surface area contributed by atoms with E-state index in [1.54, 1.807) is 13.0 Å². The monoisotopic (exact) mass is 304 g/mol. The van der Waals surface area contributed by atoms with Crippen LogP contribution in [0.5, 0.6) is 0 Å². The van der Waals surface area contributed by atoms with Gasteiger partial charge in [-0.3, -0.25) is 9.59 Å². The van der Waals surface area contributed by atoms with Crippen LogP contribution < -0.4 is 0 Å². The van der Waals surface area contributed by atoms with Gasteiger partial charge in [-0.1, -0.05) is 0 Å². The van der Waals surface area contributed by atoms with Gasteiger partial charge in [-0.05, 0) is 19.9 Å². The van der Waals surface area contributed by atoms with Crippen molar-refractivity contribution >= 4 is 32.9 Å². The van der Waals surface area contributed by atoms with Crippen LogP contribution in [0.4, 0.5) is 0 Å². The molecular formula is C12H16O5S2. The van der Waals surface area contributed by atoms with Crippen molar-refractivity contribution in [2.75, 3.05) is 18.6 Å². The van der Waals surface area contributed by atoms with Gasteiger partial charge in [-0.2, -0.15) is 0 Å². The van der Waals surface area contributed by atoms with Crippen LogP contribution in [0.25, 0.3) is 0 Å². The summed E-state index contributed by atoms with van der Waals surface area (Å²) in [5.74, 6) is -1.96. The van der Waals surface area contributed by atoms with Gasteiger partial charge in [0.2, 0.25) is 0 Å². The maximum Gasteiger partial charge on any atom is 0.306 e. The van der Waals surface area contributed by atoms with Gasteiger partial charge in [0.05, 0.1) is 19.3 Å². The van der Waals surface area contributed by atoms with Crippen LogP contribution in [0.1, 0.15) is 26.5 Å². The first-order valence-corrected chi connectivity index (χ1v) is 8.26. The summed E-state index contributed by atoms with van der Waals surface area (Å²) >= 11 is 1.46. The zero-order valence-corrected chi connectivity index (χ0v) is 12.7. The van der Waals surface area contributed by atoms with Crippen LogP contribution in [0.15, 0.2) is 6.07 Å². The first-order valence-electron chi connectivity index (χ1n) is 5.62. The molecule has 1 aromatic rings. The van der Waals surface area contributed by atoms with Crippen molar-refractivity contribution in [3.05, 3.63) is 21.4 Å². The molecule has 0 aliphatic carbocycles. The third-order valence-electron chi connectivity index (χ3n) is 2.54. The second-order valence-electron chi connectivity index (χ2n) is 4.17. The zero-order chi connectivity index (χ0) is 14.6. The SMILES string of the molecule is COC(=O)CCS(=O)(=O)CC(=O)c1cc(C)sc1C. The summed E-state index contributed by atoms with van der Waals surface area (Å²) in [5, 5.41) is 0. The average Bonchev–Trinajstić information content (AvgIpc) is 2.65. The number of sulfone groups is 1. The normalized spacial score (nSPS) is 11.3. The van der Waals surface area contributed by atoms with Crippen LogP contribution in [0.2, 0.25) is 0 Å². The molecule has 0 unspecified atom stereocenters. The highest BCUT2D eigenvalue weighted by Crippen LogP contribution is 2.21. The van der Waals surface area contributed by atoms with E-state index in [9.17, 15) is 18.0 Å². The molecule has 0 spiro atoms. The van der Waals surface area contributed by atoms with E-state index in [-0.39, 0.29) is 12.2 Å². The molecule has 0 saturated heterocycles. The lowest BCUT2D eigenvalue weighted by Crippen LogP contribution is -2.21. The second kappa shape index (κ2) is 6.29. The highest BCUT2D eigenvalue weighted by atomic mass is 32.2. The first kappa shape index (κ1) is 15.8. The Bertz CT molecular complexity index is 583. The fourth-order valence-electron chi connectivity index (χ4n) is 1.60. The number of methoxy groups -OCH3 is 1. The maximum absolute atomic E-state index is 11.9. The Hall–Kier alpha value is -1.21. The number of ether oxygens (including phenoxy) is 1. The van der Waals surface area contributed by atoms with Gasteiger partial charge in [0.15, 0.2) is 15.6 Å². The van der Waals surface area contributed by atoms with Gasteiger partial charge in [0.1, 0.15) is 5.75 Å². The molecule has 0 N–H and O–H groups in total. The quantitative estimate of drug-likeness (QED) is 0.588. The topological polar surface area (TPSA) is 77.5 Å². The number of carbonyl (C=O) groups is 2. The number of hydrogen-bond donors (Lipinski definition) is 0. The second-order valence-corrected chi connectivity index (χ2v) is 7.81. The van der Waals surface area contributed by atoms with E-state index in [1.165, 1.54) is 18.4 Å². The van der Waals surface area contributed by atoms with Gasteiger partial charge in [-0.15, -0.1) is 11.3 Å². The van der Waals surface area contributed by atoms with Crippen molar-refractivity contribution in [3.63, 3.8) is 0 Å². The molecule has 0 amide bonds. The van der Waals surface area contributed by atoms with Gasteiger partial charge >= 0.3 is 5.97 Å². The largest absolute Gasteiger partial charge is 0.469 e. The van der Waals surface area contributed by atoms with Gasteiger partial charge in [0, 0.05) is 15.3 Å². The van der Waals surface area contributed by atoms with Crippen molar-refractivity contribution in [2.24, 2.45) is 0 Å². The minimum atomic E-state index is -3.59. The van der Waals surface area contributed by atoms with Gasteiger partial charge in [0.25, 0.3) is 0 Å². The minimum absolute atomic E-state index is 0.228. The Morgan fingerprint density at radius 2 is 1.95 bits per heavy atom. The number of carbonyl (C=O) groups excluding carboxylic acids is 2. The Kier molecular flexibility index (Phi) is 5.25. The molecule has 0 aromatic carbocycles. The molecule has 1 rings (SSSR count). The number of ketones is 1. The average molecular weight is 304 g/mol. The number of esters is 1. The Labute approximate surface area is 116 Å². The van der Waals surface area contributed by atoms with Crippen LogP contribution in [0.3, 0.4) is 0 Å². The van der Waals surface area contributed by atoms with E-state index in [0.29, 0.717) is 5.56 Å². The molecule has 0 saturated carbocycles. The predicted molar refractivity (Wildman–Crippen MR) is 73.4 cm³/mol. The first-order chi connectivity index (χ1) is 8.75. The highest BCUT2D eigenvalue weighted by Gasteiger charge is 2.21. The summed E-state index contributed by atoms with van der Waals surface area (Å²) in [7, 11) is -2.40. The Balaban J connectivity index is 2.71. The number of thiophene rings is 1. The van der Waals surface area contributed by atoms with E-state index in [1.807, 2.05) is 6.92 Å². The number of aryl methyl sites for hydroxylation is 2. The molecule has 1 heterocycles. The summed E-state index contributed by atoms with van der Waals surface area (Å²) in [5.41, 5.74) is 0.448. The molecule has 106 valence electrons. The van der Waals surface area contributed by atoms with E-state index >= 15 is 0 Å². The third kappa shape index (κ3) is 4.76. The molecule has 0 aliphatic rings. The lowest BCUT2D eigenvalue weighted by molar-refractivity contribution is -0.140. The fraction of sp³-hybridized carbons (Fsp3) is 0.500. The number of Topliss-reactive ketones (excluding diaryl/α,β-unsaturated/α-hetero) is 1. The van der Waals surface area contributed by atoms with Crippen molar-refractivity contribution in [1.82, 2.24) is 0 Å². The predicted octanol–water partition coefficient (Wildman–Crippen LogP) is 1.53. The summed E-state index contributed by atoms with van der Waals surface area (Å²) in [6.07, 6.45) is -0.228. The highest BCUT2D eigenvalue weighted by molar-refractivity contribution is 7.92. The molecule has 0 atom stereocenters. The van der Waals surface area contributed by atoms with Crippen molar-refractivity contribution in [1.29, 1.82) is 0 Å². The zero-order valence-electron chi connectivity index (χ0n) is 11.1. The van der Waals surface area contributed by atoms with Crippen LogP contribution in [-0.2, 0) is 19.4 Å². The van der Waals surface area contributed by atoms with E-state index in [4.69, 9.17) is 0 Å². The van der Waals surface area contributed by atoms with E-state index in [2.05, 4.69) is 4.74 Å². The molecule has 0 aliphatic heterocycles. The van der Waals surface area contributed by atoms with Crippen LogP contribution >= 0.6 is 11.3 Å². The summed E-state index contributed by atoms with van der Waals surface area (Å²) in [4.78, 5) is 24.6. The van der Waals surface area contributed by atoms with Crippen LogP contribution in [0, 0.1) is 13.8 Å². The molecule has 19 heavy (non-hydrogen) atoms. The number of rotatable bonds is 6. The molecule has 0 fully saturated rings. The van der Waals surface area contributed by atoms with Crippen molar-refractivity contribution < 1.29 is 22.7 Å². The third-order valence-corrected chi connectivity index (χ3v) is 5.03. The lowest BCUT2D eigenvalue weighted by atomic mass is 10.2. The standard InChI is InChI=1S/C12H16O5S2/c1-8-6-10(9(2)18-8)11(13)7-19(15,16)5-4-12(14)17-3/h6H,4-5,7H2,1-3H3. The molecule has 0 bridgehead atoms.